The summed E-state index contributed by atoms with van der Waals surface area (Å²) in [6, 6.07) is 0. The summed E-state index contributed by atoms with van der Waals surface area (Å²) >= 11 is 0. The zero-order chi connectivity index (χ0) is 15.1. The molecule has 0 radical (unpaired) electrons. The molecule has 0 spiro atoms. The van der Waals surface area contributed by atoms with E-state index in [2.05, 4.69) is 37.5 Å². The quantitative estimate of drug-likeness (QED) is 0.832. The molecule has 110 valence electrons. The molecule has 0 aromatic carbocycles. The van der Waals surface area contributed by atoms with Gasteiger partial charge in [0.15, 0.2) is 0 Å². The Hall–Kier alpha value is -2.57. The van der Waals surface area contributed by atoms with Crippen LogP contribution in [-0.4, -0.2) is 32.4 Å². The highest BCUT2D eigenvalue weighted by Gasteiger charge is 2.08. The molecule has 0 bridgehead atoms. The van der Waals surface area contributed by atoms with E-state index in [1.807, 2.05) is 6.92 Å². The molecule has 0 saturated carbocycles. The van der Waals surface area contributed by atoms with Crippen molar-refractivity contribution in [2.24, 2.45) is 0 Å². The fraction of sp³-hybridized carbons (Fsp3) is 0.357. The predicted octanol–water partition coefficient (Wildman–Crippen LogP) is 1.33. The van der Waals surface area contributed by atoms with Crippen molar-refractivity contribution in [1.29, 1.82) is 0 Å². The van der Waals surface area contributed by atoms with Gasteiger partial charge in [0.1, 0.15) is 11.5 Å². The van der Waals surface area contributed by atoms with Gasteiger partial charge in [0.2, 0.25) is 0 Å². The molecule has 21 heavy (non-hydrogen) atoms. The first kappa shape index (κ1) is 14.8. The summed E-state index contributed by atoms with van der Waals surface area (Å²) in [4.78, 5) is 28.4. The molecule has 0 unspecified atom stereocenters. The fourth-order valence-corrected chi connectivity index (χ4v) is 1.56. The lowest BCUT2D eigenvalue weighted by Gasteiger charge is -2.06. The molecule has 0 atom stereocenters. The number of amides is 1. The Kier molecular flexibility index (Phi) is 5.14. The van der Waals surface area contributed by atoms with Crippen molar-refractivity contribution in [3.8, 4) is 0 Å². The third-order valence-electron chi connectivity index (χ3n) is 2.71. The van der Waals surface area contributed by atoms with E-state index in [4.69, 9.17) is 0 Å². The largest absolute Gasteiger partial charge is 0.369 e. The van der Waals surface area contributed by atoms with E-state index in [0.717, 1.165) is 18.7 Å². The normalized spacial score (nSPS) is 10.2. The summed E-state index contributed by atoms with van der Waals surface area (Å²) in [5.41, 5.74) is 1.81. The average molecular weight is 286 g/mol. The lowest BCUT2D eigenvalue weighted by Crippen LogP contribution is -2.24. The van der Waals surface area contributed by atoms with Gasteiger partial charge in [-0.2, -0.15) is 0 Å². The lowest BCUT2D eigenvalue weighted by atomic mass is 10.3. The van der Waals surface area contributed by atoms with Crippen molar-refractivity contribution in [3.05, 3.63) is 41.9 Å². The molecule has 0 aliphatic rings. The molecule has 2 heterocycles. The number of nitrogens with one attached hydrogen (secondary N) is 2. The molecule has 1 amide bonds. The van der Waals surface area contributed by atoms with Crippen molar-refractivity contribution >= 4 is 11.7 Å². The second-order valence-corrected chi connectivity index (χ2v) is 4.55. The van der Waals surface area contributed by atoms with E-state index < -0.39 is 0 Å². The highest BCUT2D eigenvalue weighted by molar-refractivity contribution is 5.91. The fourth-order valence-electron chi connectivity index (χ4n) is 1.56. The molecule has 2 aromatic heterocycles. The van der Waals surface area contributed by atoms with Crippen LogP contribution in [0.5, 0.6) is 0 Å². The van der Waals surface area contributed by atoms with Crippen molar-refractivity contribution in [3.63, 3.8) is 0 Å². The first-order chi connectivity index (χ1) is 10.2. The molecule has 2 N–H and O–H groups in total. The Morgan fingerprint density at radius 2 is 1.95 bits per heavy atom. The standard InChI is InChI=1S/C14H18N6O/c1-3-4-15-13-9-18-12(8-19-13)14(21)20-7-11-6-16-10(2)5-17-11/h5-6,8-9H,3-4,7H2,1-2H3,(H,15,19)(H,20,21). The van der Waals surface area contributed by atoms with Crippen LogP contribution in [0.2, 0.25) is 0 Å². The molecule has 2 aromatic rings. The van der Waals surface area contributed by atoms with E-state index in [9.17, 15) is 4.79 Å². The van der Waals surface area contributed by atoms with Gasteiger partial charge in [0.25, 0.3) is 5.91 Å². The average Bonchev–Trinajstić information content (AvgIpc) is 2.52. The summed E-state index contributed by atoms with van der Waals surface area (Å²) in [6.07, 6.45) is 7.31. The van der Waals surface area contributed by atoms with Crippen molar-refractivity contribution in [2.75, 3.05) is 11.9 Å². The number of anilines is 1. The summed E-state index contributed by atoms with van der Waals surface area (Å²) in [6.45, 7) is 5.06. The molecule has 0 saturated heterocycles. The maximum absolute atomic E-state index is 11.9. The van der Waals surface area contributed by atoms with Gasteiger partial charge >= 0.3 is 0 Å². The van der Waals surface area contributed by atoms with Gasteiger partial charge < -0.3 is 10.6 Å². The maximum atomic E-state index is 11.9. The monoisotopic (exact) mass is 286 g/mol. The summed E-state index contributed by atoms with van der Waals surface area (Å²) < 4.78 is 0. The number of rotatable bonds is 6. The minimum absolute atomic E-state index is 0.275. The highest BCUT2D eigenvalue weighted by atomic mass is 16.1. The van der Waals surface area contributed by atoms with Crippen LogP contribution in [0.3, 0.4) is 0 Å². The van der Waals surface area contributed by atoms with Gasteiger partial charge in [-0.15, -0.1) is 0 Å². The Balaban J connectivity index is 1.89. The Bertz CT molecular complexity index is 581. The van der Waals surface area contributed by atoms with E-state index in [1.54, 1.807) is 18.6 Å². The zero-order valence-electron chi connectivity index (χ0n) is 12.1. The number of carbonyl (C=O) groups is 1. The van der Waals surface area contributed by atoms with Gasteiger partial charge in [0.05, 0.1) is 36.5 Å². The summed E-state index contributed by atoms with van der Waals surface area (Å²) in [7, 11) is 0. The van der Waals surface area contributed by atoms with Crippen LogP contribution in [0.4, 0.5) is 5.82 Å². The van der Waals surface area contributed by atoms with Crippen LogP contribution in [0.1, 0.15) is 35.2 Å². The van der Waals surface area contributed by atoms with Gasteiger partial charge in [-0.05, 0) is 13.3 Å². The number of hydrogen-bond acceptors (Lipinski definition) is 6. The second kappa shape index (κ2) is 7.28. The van der Waals surface area contributed by atoms with Crippen molar-refractivity contribution in [2.45, 2.75) is 26.8 Å². The van der Waals surface area contributed by atoms with Crippen LogP contribution < -0.4 is 10.6 Å². The molecule has 2 rings (SSSR count). The topological polar surface area (TPSA) is 92.7 Å². The lowest BCUT2D eigenvalue weighted by molar-refractivity contribution is 0.0945. The number of hydrogen-bond donors (Lipinski definition) is 2. The number of aryl methyl sites for hydroxylation is 1. The number of aromatic nitrogens is 4. The minimum Gasteiger partial charge on any atom is -0.369 e. The SMILES string of the molecule is CCCNc1cnc(C(=O)NCc2cnc(C)cn2)cn1. The first-order valence-electron chi connectivity index (χ1n) is 6.80. The smallest absolute Gasteiger partial charge is 0.271 e. The molecule has 7 nitrogen and oxygen atoms in total. The predicted molar refractivity (Wildman–Crippen MR) is 78.8 cm³/mol. The molecule has 0 fully saturated rings. The molecular weight excluding hydrogens is 268 g/mol. The van der Waals surface area contributed by atoms with Gasteiger partial charge in [-0.1, -0.05) is 6.92 Å². The van der Waals surface area contributed by atoms with Gasteiger partial charge in [-0.3, -0.25) is 14.8 Å². The van der Waals surface area contributed by atoms with Crippen molar-refractivity contribution < 1.29 is 4.79 Å². The molecular formula is C14H18N6O. The van der Waals surface area contributed by atoms with Crippen LogP contribution in [0.15, 0.2) is 24.8 Å². The molecule has 0 aliphatic heterocycles. The Morgan fingerprint density at radius 3 is 2.57 bits per heavy atom. The van der Waals surface area contributed by atoms with Crippen LogP contribution >= 0.6 is 0 Å². The van der Waals surface area contributed by atoms with Crippen LogP contribution in [0, 0.1) is 6.92 Å². The minimum atomic E-state index is -0.285. The van der Waals surface area contributed by atoms with Crippen LogP contribution in [-0.2, 0) is 6.54 Å². The summed E-state index contributed by atoms with van der Waals surface area (Å²) in [5.74, 6) is 0.379. The number of nitrogens with zero attached hydrogens (tertiary/aromatic N) is 4. The van der Waals surface area contributed by atoms with E-state index in [-0.39, 0.29) is 11.6 Å². The first-order valence-corrected chi connectivity index (χ1v) is 6.80. The maximum Gasteiger partial charge on any atom is 0.271 e. The Morgan fingerprint density at radius 1 is 1.10 bits per heavy atom. The molecule has 7 heteroatoms. The number of carbonyl (C=O) groups excluding carboxylic acids is 1. The van der Waals surface area contributed by atoms with Gasteiger partial charge in [0, 0.05) is 12.7 Å². The molecule has 0 aliphatic carbocycles. The van der Waals surface area contributed by atoms with E-state index in [0.29, 0.717) is 18.1 Å². The highest BCUT2D eigenvalue weighted by Crippen LogP contribution is 2.01. The van der Waals surface area contributed by atoms with Gasteiger partial charge in [-0.25, -0.2) is 9.97 Å². The third kappa shape index (κ3) is 4.48. The Labute approximate surface area is 123 Å². The summed E-state index contributed by atoms with van der Waals surface area (Å²) in [5, 5.41) is 5.83. The van der Waals surface area contributed by atoms with Crippen molar-refractivity contribution in [1.82, 2.24) is 25.3 Å². The zero-order valence-corrected chi connectivity index (χ0v) is 12.1. The third-order valence-corrected chi connectivity index (χ3v) is 2.71. The van der Waals surface area contributed by atoms with E-state index >= 15 is 0 Å². The second-order valence-electron chi connectivity index (χ2n) is 4.55. The van der Waals surface area contributed by atoms with Crippen LogP contribution in [0.25, 0.3) is 0 Å². The van der Waals surface area contributed by atoms with E-state index in [1.165, 1.54) is 6.20 Å².